The number of carbonyl (C=O) groups excluding carboxylic acids is 1. The Kier molecular flexibility index (Phi) is 5.29. The first-order valence-electron chi connectivity index (χ1n) is 10.5. The molecular formula is C25H21FN4O2. The summed E-state index contributed by atoms with van der Waals surface area (Å²) < 4.78 is 19.0. The van der Waals surface area contributed by atoms with Crippen molar-refractivity contribution in [1.29, 1.82) is 5.26 Å². The van der Waals surface area contributed by atoms with E-state index in [0.29, 0.717) is 49.8 Å². The van der Waals surface area contributed by atoms with Gasteiger partial charge in [0, 0.05) is 31.4 Å². The summed E-state index contributed by atoms with van der Waals surface area (Å²) >= 11 is 0. The number of likely N-dealkylation sites (tertiary alicyclic amines) is 1. The Balaban J connectivity index is 1.31. The lowest BCUT2D eigenvalue weighted by atomic mass is 9.96. The van der Waals surface area contributed by atoms with Crippen molar-refractivity contribution in [3.05, 3.63) is 77.9 Å². The summed E-state index contributed by atoms with van der Waals surface area (Å²) in [5, 5.41) is 9.03. The van der Waals surface area contributed by atoms with Crippen molar-refractivity contribution in [3.8, 4) is 22.9 Å². The van der Waals surface area contributed by atoms with Gasteiger partial charge in [-0.3, -0.25) is 14.7 Å². The maximum absolute atomic E-state index is 13.2. The number of hydrogen-bond donors (Lipinski definition) is 0. The average molecular weight is 428 g/mol. The van der Waals surface area contributed by atoms with Crippen LogP contribution in [0.1, 0.15) is 11.1 Å². The average Bonchev–Trinajstić information content (AvgIpc) is 2.81. The Morgan fingerprint density at radius 3 is 2.59 bits per heavy atom. The molecular weight excluding hydrogens is 407 g/mol. The first-order valence-corrected chi connectivity index (χ1v) is 10.5. The molecule has 2 aromatic carbocycles. The van der Waals surface area contributed by atoms with Crippen LogP contribution in [0.5, 0.6) is 5.75 Å². The fourth-order valence-corrected chi connectivity index (χ4v) is 4.22. The third kappa shape index (κ3) is 3.81. The summed E-state index contributed by atoms with van der Waals surface area (Å²) in [5.74, 6) is 0.390. The topological polar surface area (TPSA) is 69.5 Å². The summed E-state index contributed by atoms with van der Waals surface area (Å²) in [4.78, 5) is 21.6. The standard InChI is InChI=1S/C25H21FN4O2/c26-21-7-3-18(4-8-21)14-29-15-20(16-29)25(31)30-9-10-32-24-22(12-28-13-23(24)30)19-5-1-17(11-27)2-6-19/h1-8,12-13,20H,9-10,14-16H2. The number of anilines is 1. The minimum absolute atomic E-state index is 0.0729. The van der Waals surface area contributed by atoms with Crippen LogP contribution in [-0.4, -0.2) is 42.0 Å². The molecule has 2 aliphatic rings. The molecule has 1 aromatic heterocycles. The van der Waals surface area contributed by atoms with E-state index in [9.17, 15) is 9.18 Å². The highest BCUT2D eigenvalue weighted by Gasteiger charge is 2.38. The number of pyridine rings is 1. The number of hydrogen-bond acceptors (Lipinski definition) is 5. The molecule has 0 unspecified atom stereocenters. The lowest BCUT2D eigenvalue weighted by Gasteiger charge is -2.41. The molecule has 3 heterocycles. The number of amides is 1. The molecule has 32 heavy (non-hydrogen) atoms. The van der Waals surface area contributed by atoms with Crippen LogP contribution >= 0.6 is 0 Å². The van der Waals surface area contributed by atoms with Crippen LogP contribution in [0.3, 0.4) is 0 Å². The molecule has 0 atom stereocenters. The smallest absolute Gasteiger partial charge is 0.232 e. The van der Waals surface area contributed by atoms with Crippen LogP contribution in [0.25, 0.3) is 11.1 Å². The van der Waals surface area contributed by atoms with Gasteiger partial charge in [-0.2, -0.15) is 5.26 Å². The van der Waals surface area contributed by atoms with Crippen molar-refractivity contribution in [2.45, 2.75) is 6.54 Å². The number of nitriles is 1. The number of halogens is 1. The molecule has 0 aliphatic carbocycles. The summed E-state index contributed by atoms with van der Waals surface area (Å²) in [6.45, 7) is 2.95. The molecule has 0 N–H and O–H groups in total. The molecule has 0 bridgehead atoms. The van der Waals surface area contributed by atoms with Crippen LogP contribution in [0, 0.1) is 23.1 Å². The Labute approximate surface area is 185 Å². The van der Waals surface area contributed by atoms with Gasteiger partial charge in [0.25, 0.3) is 0 Å². The summed E-state index contributed by atoms with van der Waals surface area (Å²) in [6.07, 6.45) is 3.40. The van der Waals surface area contributed by atoms with Gasteiger partial charge in [0.05, 0.1) is 30.3 Å². The largest absolute Gasteiger partial charge is 0.489 e. The number of ether oxygens (including phenoxy) is 1. The third-order valence-electron chi connectivity index (χ3n) is 5.95. The molecule has 1 saturated heterocycles. The van der Waals surface area contributed by atoms with E-state index < -0.39 is 0 Å². The monoisotopic (exact) mass is 428 g/mol. The highest BCUT2D eigenvalue weighted by molar-refractivity contribution is 5.99. The maximum atomic E-state index is 13.2. The molecule has 1 fully saturated rings. The summed E-state index contributed by atoms with van der Waals surface area (Å²) in [5.41, 5.74) is 3.98. The number of rotatable bonds is 4. The molecule has 0 radical (unpaired) electrons. The zero-order chi connectivity index (χ0) is 22.1. The second-order valence-electron chi connectivity index (χ2n) is 8.08. The molecule has 5 rings (SSSR count). The molecule has 0 spiro atoms. The second kappa shape index (κ2) is 8.40. The van der Waals surface area contributed by atoms with Gasteiger partial charge in [-0.25, -0.2) is 4.39 Å². The van der Waals surface area contributed by atoms with E-state index >= 15 is 0 Å². The molecule has 160 valence electrons. The molecule has 6 nitrogen and oxygen atoms in total. The van der Waals surface area contributed by atoms with Gasteiger partial charge >= 0.3 is 0 Å². The lowest BCUT2D eigenvalue weighted by Crippen LogP contribution is -2.55. The molecule has 2 aliphatic heterocycles. The van der Waals surface area contributed by atoms with Gasteiger partial charge in [-0.1, -0.05) is 24.3 Å². The lowest BCUT2D eigenvalue weighted by molar-refractivity contribution is -0.128. The Morgan fingerprint density at radius 2 is 1.88 bits per heavy atom. The summed E-state index contributed by atoms with van der Waals surface area (Å²) in [6, 6.07) is 15.8. The first kappa shape index (κ1) is 20.2. The Bertz CT molecular complexity index is 1180. The fourth-order valence-electron chi connectivity index (χ4n) is 4.22. The SMILES string of the molecule is N#Cc1ccc(-c2cncc3c2OCCN3C(=O)C2CN(Cc3ccc(F)cc3)C2)cc1. The maximum Gasteiger partial charge on any atom is 0.232 e. The van der Waals surface area contributed by atoms with Gasteiger partial charge < -0.3 is 9.64 Å². The fraction of sp³-hybridized carbons (Fsp3) is 0.240. The number of aromatic nitrogens is 1. The molecule has 7 heteroatoms. The molecule has 1 amide bonds. The second-order valence-corrected chi connectivity index (χ2v) is 8.08. The van der Waals surface area contributed by atoms with Crippen LogP contribution in [0.2, 0.25) is 0 Å². The van der Waals surface area contributed by atoms with E-state index in [4.69, 9.17) is 10.00 Å². The van der Waals surface area contributed by atoms with E-state index in [0.717, 1.165) is 16.7 Å². The van der Waals surface area contributed by atoms with Crippen molar-refractivity contribution in [1.82, 2.24) is 9.88 Å². The van der Waals surface area contributed by atoms with Crippen LogP contribution in [-0.2, 0) is 11.3 Å². The van der Waals surface area contributed by atoms with Crippen molar-refractivity contribution in [2.75, 3.05) is 31.1 Å². The van der Waals surface area contributed by atoms with Crippen molar-refractivity contribution in [2.24, 2.45) is 5.92 Å². The minimum Gasteiger partial charge on any atom is -0.489 e. The minimum atomic E-state index is -0.245. The highest BCUT2D eigenvalue weighted by Crippen LogP contribution is 2.40. The third-order valence-corrected chi connectivity index (χ3v) is 5.95. The summed E-state index contributed by atoms with van der Waals surface area (Å²) in [7, 11) is 0. The van der Waals surface area contributed by atoms with E-state index in [-0.39, 0.29) is 17.6 Å². The van der Waals surface area contributed by atoms with Crippen molar-refractivity contribution in [3.63, 3.8) is 0 Å². The van der Waals surface area contributed by atoms with E-state index in [1.807, 2.05) is 12.1 Å². The number of nitrogens with zero attached hydrogens (tertiary/aromatic N) is 4. The zero-order valence-corrected chi connectivity index (χ0v) is 17.4. The van der Waals surface area contributed by atoms with Crippen LogP contribution in [0.4, 0.5) is 10.1 Å². The number of fused-ring (bicyclic) bond motifs is 1. The first-order chi connectivity index (χ1) is 15.6. The van der Waals surface area contributed by atoms with Crippen LogP contribution < -0.4 is 9.64 Å². The van der Waals surface area contributed by atoms with E-state index in [1.165, 1.54) is 12.1 Å². The van der Waals surface area contributed by atoms with Crippen molar-refractivity contribution < 1.29 is 13.9 Å². The predicted octanol–water partition coefficient (Wildman–Crippen LogP) is 3.62. The molecule has 3 aromatic rings. The number of benzene rings is 2. The normalized spacial score (nSPS) is 15.9. The van der Waals surface area contributed by atoms with Gasteiger partial charge in [-0.05, 0) is 35.4 Å². The van der Waals surface area contributed by atoms with Gasteiger partial charge in [-0.15, -0.1) is 0 Å². The van der Waals surface area contributed by atoms with Gasteiger partial charge in [0.15, 0.2) is 5.75 Å². The van der Waals surface area contributed by atoms with E-state index in [1.54, 1.807) is 41.6 Å². The predicted molar refractivity (Wildman–Crippen MR) is 117 cm³/mol. The van der Waals surface area contributed by atoms with Gasteiger partial charge in [0.1, 0.15) is 18.1 Å². The van der Waals surface area contributed by atoms with Crippen LogP contribution in [0.15, 0.2) is 60.9 Å². The number of carbonyl (C=O) groups is 1. The quantitative estimate of drug-likeness (QED) is 0.635. The van der Waals surface area contributed by atoms with E-state index in [2.05, 4.69) is 16.0 Å². The van der Waals surface area contributed by atoms with Gasteiger partial charge in [0.2, 0.25) is 5.91 Å². The Hall–Kier alpha value is -3.76. The molecule has 0 saturated carbocycles. The Morgan fingerprint density at radius 1 is 1.12 bits per heavy atom. The zero-order valence-electron chi connectivity index (χ0n) is 17.4. The highest BCUT2D eigenvalue weighted by atomic mass is 19.1. The van der Waals surface area contributed by atoms with Crippen molar-refractivity contribution >= 4 is 11.6 Å².